The fraction of sp³-hybridized carbons (Fsp3) is 0.583. The first-order valence-electron chi connectivity index (χ1n) is 5.77. The molecule has 0 radical (unpaired) electrons. The van der Waals surface area contributed by atoms with Gasteiger partial charge in [-0.15, -0.1) is 0 Å². The number of nitrogens with zero attached hydrogens (tertiary/aromatic N) is 2. The Morgan fingerprint density at radius 3 is 3.20 bits per heavy atom. The second-order valence-electron chi connectivity index (χ2n) is 3.96. The van der Waals surface area contributed by atoms with E-state index in [9.17, 15) is 0 Å². The van der Waals surface area contributed by atoms with Crippen LogP contribution in [0.1, 0.15) is 25.1 Å². The first kappa shape index (κ1) is 10.6. The topological polar surface area (TPSA) is 28.2 Å². The maximum atomic E-state index is 4.46. The number of aromatic nitrogens is 1. The van der Waals surface area contributed by atoms with E-state index in [0.717, 1.165) is 19.6 Å². The summed E-state index contributed by atoms with van der Waals surface area (Å²) >= 11 is 0. The van der Waals surface area contributed by atoms with Gasteiger partial charge < -0.3 is 5.32 Å². The van der Waals surface area contributed by atoms with Crippen molar-refractivity contribution in [1.29, 1.82) is 0 Å². The Labute approximate surface area is 91.5 Å². The van der Waals surface area contributed by atoms with Crippen LogP contribution in [-0.4, -0.2) is 36.1 Å². The summed E-state index contributed by atoms with van der Waals surface area (Å²) in [4.78, 5) is 6.96. The quantitative estimate of drug-likeness (QED) is 0.792. The zero-order valence-corrected chi connectivity index (χ0v) is 9.32. The van der Waals surface area contributed by atoms with Crippen molar-refractivity contribution in [3.05, 3.63) is 30.1 Å². The number of hydrogen-bond donors (Lipinski definition) is 1. The molecule has 2 heterocycles. The fourth-order valence-electron chi connectivity index (χ4n) is 2.17. The van der Waals surface area contributed by atoms with Crippen molar-refractivity contribution in [3.8, 4) is 0 Å². The van der Waals surface area contributed by atoms with Gasteiger partial charge in [-0.1, -0.05) is 13.0 Å². The normalized spacial score (nSPS) is 23.7. The molecule has 2 rings (SSSR count). The number of nitrogens with one attached hydrogen (secondary N) is 1. The lowest BCUT2D eigenvalue weighted by atomic mass is 10.1. The molecule has 1 aromatic heterocycles. The Hall–Kier alpha value is -0.930. The molecule has 0 bridgehead atoms. The highest BCUT2D eigenvalue weighted by molar-refractivity contribution is 5.10. The molecule has 1 N–H and O–H groups in total. The first-order valence-corrected chi connectivity index (χ1v) is 5.77. The van der Waals surface area contributed by atoms with Gasteiger partial charge in [0.05, 0.1) is 11.7 Å². The second-order valence-corrected chi connectivity index (χ2v) is 3.96. The van der Waals surface area contributed by atoms with Crippen molar-refractivity contribution in [2.24, 2.45) is 0 Å². The van der Waals surface area contributed by atoms with Crippen LogP contribution in [0.25, 0.3) is 0 Å². The largest absolute Gasteiger partial charge is 0.315 e. The zero-order chi connectivity index (χ0) is 10.5. The number of rotatable bonds is 2. The maximum absolute atomic E-state index is 4.46. The summed E-state index contributed by atoms with van der Waals surface area (Å²) in [5.41, 5.74) is 1.19. The number of hydrogen-bond acceptors (Lipinski definition) is 3. The van der Waals surface area contributed by atoms with Crippen molar-refractivity contribution in [2.45, 2.75) is 19.4 Å². The summed E-state index contributed by atoms with van der Waals surface area (Å²) in [5.74, 6) is 0. The minimum atomic E-state index is 0.443. The maximum Gasteiger partial charge on any atom is 0.0646 e. The molecule has 15 heavy (non-hydrogen) atoms. The monoisotopic (exact) mass is 205 g/mol. The third-order valence-corrected chi connectivity index (χ3v) is 3.01. The van der Waals surface area contributed by atoms with Crippen molar-refractivity contribution >= 4 is 0 Å². The van der Waals surface area contributed by atoms with E-state index in [-0.39, 0.29) is 0 Å². The molecular weight excluding hydrogens is 186 g/mol. The zero-order valence-electron chi connectivity index (χ0n) is 9.32. The predicted molar refractivity (Wildman–Crippen MR) is 61.7 cm³/mol. The summed E-state index contributed by atoms with van der Waals surface area (Å²) in [6.07, 6.45) is 3.12. The average Bonchev–Trinajstić information content (AvgIpc) is 2.55. The van der Waals surface area contributed by atoms with E-state index in [2.05, 4.69) is 34.3 Å². The SMILES string of the molecule is CCN1CCCNCC1c1ccccn1. The molecule has 3 nitrogen and oxygen atoms in total. The van der Waals surface area contributed by atoms with Crippen molar-refractivity contribution in [2.75, 3.05) is 26.2 Å². The molecule has 0 saturated carbocycles. The molecule has 0 spiro atoms. The fourth-order valence-corrected chi connectivity index (χ4v) is 2.17. The van der Waals surface area contributed by atoms with Crippen LogP contribution in [0.3, 0.4) is 0 Å². The molecule has 1 aromatic rings. The van der Waals surface area contributed by atoms with Gasteiger partial charge in [0.25, 0.3) is 0 Å². The minimum absolute atomic E-state index is 0.443. The van der Waals surface area contributed by atoms with Gasteiger partial charge in [0.1, 0.15) is 0 Å². The van der Waals surface area contributed by atoms with E-state index in [0.29, 0.717) is 6.04 Å². The summed E-state index contributed by atoms with van der Waals surface area (Å²) in [7, 11) is 0. The molecule has 1 aliphatic rings. The van der Waals surface area contributed by atoms with Gasteiger partial charge in [0.2, 0.25) is 0 Å². The molecule has 82 valence electrons. The molecule has 1 fully saturated rings. The van der Waals surface area contributed by atoms with E-state index in [1.165, 1.54) is 18.7 Å². The number of pyridine rings is 1. The number of likely N-dealkylation sites (N-methyl/N-ethyl adjacent to an activating group) is 1. The van der Waals surface area contributed by atoms with Crippen molar-refractivity contribution in [1.82, 2.24) is 15.2 Å². The van der Waals surface area contributed by atoms with Gasteiger partial charge in [-0.3, -0.25) is 9.88 Å². The van der Waals surface area contributed by atoms with Gasteiger partial charge in [0.15, 0.2) is 0 Å². The summed E-state index contributed by atoms with van der Waals surface area (Å²) in [6, 6.07) is 6.62. The third-order valence-electron chi connectivity index (χ3n) is 3.01. The minimum Gasteiger partial charge on any atom is -0.315 e. The smallest absolute Gasteiger partial charge is 0.0646 e. The van der Waals surface area contributed by atoms with Crippen LogP contribution in [0, 0.1) is 0 Å². The van der Waals surface area contributed by atoms with Crippen LogP contribution in [0.5, 0.6) is 0 Å². The van der Waals surface area contributed by atoms with Crippen molar-refractivity contribution < 1.29 is 0 Å². The van der Waals surface area contributed by atoms with Crippen molar-refractivity contribution in [3.63, 3.8) is 0 Å². The van der Waals surface area contributed by atoms with Gasteiger partial charge in [-0.25, -0.2) is 0 Å². The van der Waals surface area contributed by atoms with Gasteiger partial charge >= 0.3 is 0 Å². The Morgan fingerprint density at radius 1 is 1.53 bits per heavy atom. The molecule has 0 aromatic carbocycles. The van der Waals surface area contributed by atoms with Crippen LogP contribution in [0.2, 0.25) is 0 Å². The molecule has 1 atom stereocenters. The Kier molecular flexibility index (Phi) is 3.69. The van der Waals surface area contributed by atoms with Gasteiger partial charge in [0, 0.05) is 19.3 Å². The molecule has 1 unspecified atom stereocenters. The highest BCUT2D eigenvalue weighted by atomic mass is 15.2. The molecule has 0 aliphatic carbocycles. The molecule has 1 saturated heterocycles. The van der Waals surface area contributed by atoms with E-state index < -0.39 is 0 Å². The molecule has 0 amide bonds. The lowest BCUT2D eigenvalue weighted by Crippen LogP contribution is -2.33. The predicted octanol–water partition coefficient (Wildman–Crippen LogP) is 1.44. The van der Waals surface area contributed by atoms with E-state index >= 15 is 0 Å². The standard InChI is InChI=1S/C12H19N3/c1-2-15-9-5-7-13-10-12(15)11-6-3-4-8-14-11/h3-4,6,8,12-13H,2,5,7,9-10H2,1H3. The Balaban J connectivity index is 2.16. The van der Waals surface area contributed by atoms with Gasteiger partial charge in [-0.05, 0) is 31.6 Å². The van der Waals surface area contributed by atoms with Crippen LogP contribution in [0.15, 0.2) is 24.4 Å². The van der Waals surface area contributed by atoms with E-state index in [4.69, 9.17) is 0 Å². The molecule has 1 aliphatic heterocycles. The lowest BCUT2D eigenvalue weighted by Gasteiger charge is -2.27. The van der Waals surface area contributed by atoms with Crippen LogP contribution in [0.4, 0.5) is 0 Å². The average molecular weight is 205 g/mol. The third kappa shape index (κ3) is 2.55. The second kappa shape index (κ2) is 5.24. The van der Waals surface area contributed by atoms with E-state index in [1.54, 1.807) is 0 Å². The summed E-state index contributed by atoms with van der Waals surface area (Å²) in [5, 5.41) is 3.48. The summed E-state index contributed by atoms with van der Waals surface area (Å²) in [6.45, 7) is 6.64. The summed E-state index contributed by atoms with van der Waals surface area (Å²) < 4.78 is 0. The van der Waals surface area contributed by atoms with Crippen LogP contribution in [-0.2, 0) is 0 Å². The molecule has 3 heteroatoms. The highest BCUT2D eigenvalue weighted by Crippen LogP contribution is 2.19. The first-order chi connectivity index (χ1) is 7.42. The Bertz CT molecular complexity index is 286. The molecular formula is C12H19N3. The van der Waals surface area contributed by atoms with Crippen LogP contribution >= 0.6 is 0 Å². The lowest BCUT2D eigenvalue weighted by molar-refractivity contribution is 0.218. The highest BCUT2D eigenvalue weighted by Gasteiger charge is 2.21. The Morgan fingerprint density at radius 2 is 2.47 bits per heavy atom. The van der Waals surface area contributed by atoms with Crippen LogP contribution < -0.4 is 5.32 Å². The van der Waals surface area contributed by atoms with Gasteiger partial charge in [-0.2, -0.15) is 0 Å². The van der Waals surface area contributed by atoms with E-state index in [1.807, 2.05) is 12.3 Å².